The van der Waals surface area contributed by atoms with Crippen molar-refractivity contribution in [3.8, 4) is 5.75 Å². The molecule has 3 heterocycles. The van der Waals surface area contributed by atoms with E-state index in [-0.39, 0.29) is 29.6 Å². The van der Waals surface area contributed by atoms with Crippen molar-refractivity contribution in [2.75, 3.05) is 33.3 Å². The highest BCUT2D eigenvalue weighted by Crippen LogP contribution is 2.59. The summed E-state index contributed by atoms with van der Waals surface area (Å²) in [6.07, 6.45) is 9.10. The summed E-state index contributed by atoms with van der Waals surface area (Å²) < 4.78 is 5.51. The molecule has 1 aromatic heterocycles. The van der Waals surface area contributed by atoms with Crippen molar-refractivity contribution in [3.05, 3.63) is 29.5 Å². The smallest absolute Gasteiger partial charge is 0.228 e. The minimum atomic E-state index is -0.817. The van der Waals surface area contributed by atoms with Gasteiger partial charge in [-0.3, -0.25) is 14.4 Å². The predicted molar refractivity (Wildman–Crippen MR) is 165 cm³/mol. The highest BCUT2D eigenvalue weighted by Gasteiger charge is 2.57. The van der Waals surface area contributed by atoms with E-state index in [0.717, 1.165) is 52.2 Å². The SMILES string of the molecule is CCN(CC)C(=O)[C@H]1CC(CC(=O)NCC23CC4CC(CC(C4)C2)C3)C(=O)N2CCc3c([nH]c4ccc(OC)cc34)[C@]12C. The number of hydrogen-bond acceptors (Lipinski definition) is 4. The van der Waals surface area contributed by atoms with E-state index in [4.69, 9.17) is 4.74 Å². The Balaban J connectivity index is 1.15. The fraction of sp³-hybridized carbons (Fsp3) is 0.686. The lowest BCUT2D eigenvalue weighted by Gasteiger charge is -2.57. The zero-order valence-corrected chi connectivity index (χ0v) is 26.3. The molecule has 2 aliphatic heterocycles. The van der Waals surface area contributed by atoms with E-state index in [1.807, 2.05) is 41.8 Å². The van der Waals surface area contributed by atoms with Crippen LogP contribution in [-0.2, 0) is 26.3 Å². The number of ether oxygens (including phenoxy) is 1. The maximum Gasteiger partial charge on any atom is 0.228 e. The van der Waals surface area contributed by atoms with Gasteiger partial charge >= 0.3 is 0 Å². The number of aromatic amines is 1. The lowest BCUT2D eigenvalue weighted by Crippen LogP contribution is -2.64. The molecule has 1 unspecified atom stereocenters. The molecular formula is C35H48N4O4. The number of methoxy groups -OCH3 is 1. The summed E-state index contributed by atoms with van der Waals surface area (Å²) in [5.41, 5.74) is 2.53. The van der Waals surface area contributed by atoms with Crippen LogP contribution in [-0.4, -0.2) is 65.8 Å². The number of nitrogens with zero attached hydrogens (tertiary/aromatic N) is 2. The minimum absolute atomic E-state index is 0.00191. The van der Waals surface area contributed by atoms with E-state index < -0.39 is 17.4 Å². The van der Waals surface area contributed by atoms with Gasteiger partial charge in [0.1, 0.15) is 5.75 Å². The summed E-state index contributed by atoms with van der Waals surface area (Å²) in [6.45, 7) is 8.57. The molecule has 1 saturated heterocycles. The third kappa shape index (κ3) is 4.57. The van der Waals surface area contributed by atoms with Crippen LogP contribution in [0.4, 0.5) is 0 Å². The highest BCUT2D eigenvalue weighted by molar-refractivity contribution is 5.93. The van der Waals surface area contributed by atoms with Crippen LogP contribution in [0.15, 0.2) is 18.2 Å². The maximum absolute atomic E-state index is 14.2. The van der Waals surface area contributed by atoms with Crippen molar-refractivity contribution in [2.45, 2.75) is 84.1 Å². The second-order valence-corrected chi connectivity index (χ2v) is 14.7. The molecule has 0 radical (unpaired) electrons. The van der Waals surface area contributed by atoms with Crippen LogP contribution < -0.4 is 10.1 Å². The van der Waals surface area contributed by atoms with Gasteiger partial charge in [0.2, 0.25) is 17.7 Å². The van der Waals surface area contributed by atoms with E-state index in [9.17, 15) is 14.4 Å². The van der Waals surface area contributed by atoms with Gasteiger partial charge in [-0.1, -0.05) is 0 Å². The van der Waals surface area contributed by atoms with Gasteiger partial charge in [0.05, 0.1) is 18.6 Å². The summed E-state index contributed by atoms with van der Waals surface area (Å²) in [5, 5.41) is 4.39. The molecule has 1 aromatic carbocycles. The molecule has 8 rings (SSSR count). The van der Waals surface area contributed by atoms with Gasteiger partial charge in [-0.25, -0.2) is 0 Å². The van der Waals surface area contributed by atoms with Crippen molar-refractivity contribution in [3.63, 3.8) is 0 Å². The average Bonchev–Trinajstić information content (AvgIpc) is 3.36. The molecule has 43 heavy (non-hydrogen) atoms. The number of H-pyrrole nitrogens is 1. The number of amides is 3. The van der Waals surface area contributed by atoms with Crippen molar-refractivity contribution in [1.29, 1.82) is 0 Å². The molecule has 2 N–H and O–H groups in total. The van der Waals surface area contributed by atoms with E-state index in [1.54, 1.807) is 7.11 Å². The molecule has 3 amide bonds. The summed E-state index contributed by atoms with van der Waals surface area (Å²) >= 11 is 0. The summed E-state index contributed by atoms with van der Waals surface area (Å²) in [5.74, 6) is 2.37. The summed E-state index contributed by atoms with van der Waals surface area (Å²) in [6, 6.07) is 6.00. The largest absolute Gasteiger partial charge is 0.497 e. The van der Waals surface area contributed by atoms with Crippen LogP contribution in [0.3, 0.4) is 0 Å². The zero-order valence-electron chi connectivity index (χ0n) is 26.3. The zero-order chi connectivity index (χ0) is 30.1. The molecule has 8 nitrogen and oxygen atoms in total. The fourth-order valence-corrected chi connectivity index (χ4v) is 10.5. The van der Waals surface area contributed by atoms with Gasteiger partial charge in [-0.05, 0) is 119 Å². The highest BCUT2D eigenvalue weighted by atomic mass is 16.5. The van der Waals surface area contributed by atoms with Crippen molar-refractivity contribution in [2.24, 2.45) is 35.0 Å². The minimum Gasteiger partial charge on any atom is -0.497 e. The standard InChI is InChI=1S/C35H48N4O4/c1-5-38(6-2)33(42)28-14-24(15-30(40)36-20-35-17-21-11-22(18-35)13-23(12-21)19-35)32(41)39-10-9-26-27-16-25(43-4)7-8-29(27)37-31(26)34(28,39)3/h7-8,16,21-24,28,37H,5-6,9-15,17-20H2,1-4H3,(H,36,40)/t21?,22?,23?,24?,28-,34+,35?/m1/s1. The second-order valence-electron chi connectivity index (χ2n) is 14.7. The number of nitrogens with one attached hydrogen (secondary N) is 2. The Morgan fingerprint density at radius 2 is 1.74 bits per heavy atom. The van der Waals surface area contributed by atoms with Crippen LogP contribution in [0, 0.1) is 35.0 Å². The summed E-state index contributed by atoms with van der Waals surface area (Å²) in [4.78, 5) is 49.4. The number of benzene rings is 1. The molecule has 6 aliphatic rings. The molecule has 232 valence electrons. The number of fused-ring (bicyclic) bond motifs is 5. The molecule has 0 spiro atoms. The van der Waals surface area contributed by atoms with Gasteiger partial charge in [0, 0.05) is 55.1 Å². The van der Waals surface area contributed by atoms with Gasteiger partial charge < -0.3 is 24.8 Å². The van der Waals surface area contributed by atoms with Crippen molar-refractivity contribution >= 4 is 28.6 Å². The van der Waals surface area contributed by atoms with Crippen LogP contribution in [0.5, 0.6) is 5.75 Å². The first-order valence-electron chi connectivity index (χ1n) is 16.7. The molecule has 3 atom stereocenters. The molecular weight excluding hydrogens is 540 g/mol. The average molecular weight is 589 g/mol. The Hall–Kier alpha value is -3.03. The first kappa shape index (κ1) is 28.7. The van der Waals surface area contributed by atoms with E-state index >= 15 is 0 Å². The first-order chi connectivity index (χ1) is 20.7. The number of carbonyl (C=O) groups excluding carboxylic acids is 3. The Labute approximate surface area is 255 Å². The van der Waals surface area contributed by atoms with Crippen LogP contribution in [0.2, 0.25) is 0 Å². The molecule has 4 bridgehead atoms. The maximum atomic E-state index is 14.2. The number of hydrogen-bond donors (Lipinski definition) is 2. The van der Waals surface area contributed by atoms with Gasteiger partial charge in [-0.2, -0.15) is 0 Å². The van der Waals surface area contributed by atoms with Gasteiger partial charge in [-0.15, -0.1) is 0 Å². The van der Waals surface area contributed by atoms with Crippen LogP contribution in [0.25, 0.3) is 10.9 Å². The quantitative estimate of drug-likeness (QED) is 0.454. The Morgan fingerprint density at radius 1 is 1.07 bits per heavy atom. The topological polar surface area (TPSA) is 94.7 Å². The van der Waals surface area contributed by atoms with Crippen LogP contribution in [0.1, 0.15) is 83.4 Å². The van der Waals surface area contributed by atoms with Gasteiger partial charge in [0.25, 0.3) is 0 Å². The number of carbonyl (C=O) groups is 3. The predicted octanol–water partition coefficient (Wildman–Crippen LogP) is 5.00. The molecule has 2 aromatic rings. The molecule has 4 aliphatic carbocycles. The molecule has 4 saturated carbocycles. The normalized spacial score (nSPS) is 34.2. The monoisotopic (exact) mass is 588 g/mol. The lowest BCUT2D eigenvalue weighted by molar-refractivity contribution is -0.164. The molecule has 5 fully saturated rings. The third-order valence-electron chi connectivity index (χ3n) is 12.2. The number of piperidine rings is 1. The Kier molecular flexibility index (Phi) is 7.05. The van der Waals surface area contributed by atoms with E-state index in [2.05, 4.69) is 17.2 Å². The number of aromatic nitrogens is 1. The third-order valence-corrected chi connectivity index (χ3v) is 12.2. The van der Waals surface area contributed by atoms with E-state index in [0.29, 0.717) is 32.5 Å². The fourth-order valence-electron chi connectivity index (χ4n) is 10.5. The van der Waals surface area contributed by atoms with Crippen molar-refractivity contribution < 1.29 is 19.1 Å². The first-order valence-corrected chi connectivity index (χ1v) is 16.7. The lowest BCUT2D eigenvalue weighted by atomic mass is 9.49. The Bertz CT molecular complexity index is 1410. The summed E-state index contributed by atoms with van der Waals surface area (Å²) in [7, 11) is 1.67. The second kappa shape index (κ2) is 10.6. The van der Waals surface area contributed by atoms with Gasteiger partial charge in [0.15, 0.2) is 0 Å². The number of rotatable bonds is 8. The van der Waals surface area contributed by atoms with E-state index in [1.165, 1.54) is 38.5 Å². The Morgan fingerprint density at radius 3 is 2.37 bits per heavy atom. The molecule has 8 heteroatoms. The van der Waals surface area contributed by atoms with Crippen LogP contribution >= 0.6 is 0 Å². The van der Waals surface area contributed by atoms with Crippen molar-refractivity contribution in [1.82, 2.24) is 20.1 Å².